The molecule has 4 aromatic heterocycles. The zero-order valence-electron chi connectivity index (χ0n) is 69.1. The summed E-state index contributed by atoms with van der Waals surface area (Å²) in [7, 11) is 7.49. The van der Waals surface area contributed by atoms with Gasteiger partial charge in [0, 0.05) is 101 Å². The second kappa shape index (κ2) is 48.3. The molecule has 0 aliphatic carbocycles. The van der Waals surface area contributed by atoms with Gasteiger partial charge in [0.15, 0.2) is 0 Å². The lowest BCUT2D eigenvalue weighted by atomic mass is 9.89. The molecule has 19 N–H and O–H groups in total. The number of carbonyl (C=O) groups is 12. The quantitative estimate of drug-likeness (QED) is 0.0229. The molecule has 4 aliphatic heterocycles. The molecule has 8 aromatic rings. The predicted octanol–water partition coefficient (Wildman–Crippen LogP) is 9.61. The number of hydrogen-bond donors (Lipinski definition) is 15. The van der Waals surface area contributed by atoms with Crippen molar-refractivity contribution in [3.8, 4) is 0 Å². The van der Waals surface area contributed by atoms with Gasteiger partial charge in [0.1, 0.15) is 0 Å². The van der Waals surface area contributed by atoms with Gasteiger partial charge in [0.25, 0.3) is 0 Å². The van der Waals surface area contributed by atoms with Crippen molar-refractivity contribution in [3.63, 3.8) is 0 Å². The highest BCUT2D eigenvalue weighted by molar-refractivity contribution is 6.41. The molecule has 0 radical (unpaired) electrons. The average molecular weight is 1680 g/mol. The number of pyridine rings is 4. The van der Waals surface area contributed by atoms with Crippen molar-refractivity contribution in [3.05, 3.63) is 215 Å². The molecule has 8 heterocycles. The summed E-state index contributed by atoms with van der Waals surface area (Å²) < 4.78 is 0. The molecule has 11 amide bonds. The van der Waals surface area contributed by atoms with Crippen LogP contribution in [-0.4, -0.2) is 177 Å². The molecule has 35 nitrogen and oxygen atoms in total. The summed E-state index contributed by atoms with van der Waals surface area (Å²) in [6.07, 6.45) is 18.3. The van der Waals surface area contributed by atoms with Crippen LogP contribution in [0.4, 0.5) is 45.5 Å². The number of aromatic nitrogens is 4. The first-order chi connectivity index (χ1) is 57.9. The summed E-state index contributed by atoms with van der Waals surface area (Å²) in [5, 5.41) is 41.4. The Morgan fingerprint density at radius 3 is 0.893 bits per heavy atom. The Kier molecular flexibility index (Phi) is 38.4. The van der Waals surface area contributed by atoms with E-state index in [-0.39, 0.29) is 70.6 Å². The smallest absolute Gasteiger partial charge is 0.394 e. The molecule has 4 saturated heterocycles. The van der Waals surface area contributed by atoms with Crippen LogP contribution in [0, 0.1) is 23.7 Å². The number of nitrogens with zero attached hydrogens (tertiary/aromatic N) is 7. The number of carboxylic acid groups (broad SMARTS) is 1. The van der Waals surface area contributed by atoms with Crippen LogP contribution < -0.4 is 70.8 Å². The fourth-order valence-electron chi connectivity index (χ4n) is 13.8. The monoisotopic (exact) mass is 1680 g/mol. The third-order valence-corrected chi connectivity index (χ3v) is 20.2. The molecule has 8 atom stereocenters. The number of hydrogen-bond acceptors (Lipinski definition) is 23. The van der Waals surface area contributed by atoms with Crippen molar-refractivity contribution in [1.29, 1.82) is 0 Å². The molecule has 4 aromatic carbocycles. The van der Waals surface area contributed by atoms with Gasteiger partial charge in [-0.2, -0.15) is 0 Å². The Bertz CT molecular complexity index is 4570. The minimum atomic E-state index is -1.63. The Morgan fingerprint density at radius 1 is 0.385 bits per heavy atom. The number of benzene rings is 4. The molecule has 35 heteroatoms. The number of rotatable bonds is 17. The van der Waals surface area contributed by atoms with Gasteiger partial charge in [0.05, 0.1) is 94.5 Å². The molecule has 0 unspecified atom stereocenters. The zero-order valence-corrected chi connectivity index (χ0v) is 69.1. The topological polar surface area (TPSA) is 528 Å². The van der Waals surface area contributed by atoms with Crippen LogP contribution in [0.25, 0.3) is 0 Å². The number of likely N-dealkylation sites (tertiary alicyclic amines) is 3. The minimum absolute atomic E-state index is 0. The second-order valence-electron chi connectivity index (χ2n) is 29.5. The molecule has 0 spiro atoms. The number of carboxylic acids is 1. The third kappa shape index (κ3) is 29.3. The Labute approximate surface area is 709 Å². The maximum absolute atomic E-state index is 13.0. The highest BCUT2D eigenvalue weighted by atomic mass is 17.1. The first kappa shape index (κ1) is 97.0. The molecule has 0 bridgehead atoms. The van der Waals surface area contributed by atoms with E-state index in [0.29, 0.717) is 50.0 Å². The largest absolute Gasteiger partial charge is 0.474 e. The number of nitrogens with one attached hydrogen (secondary N) is 9. The molecule has 650 valence electrons. The maximum Gasteiger partial charge on any atom is 0.394 e. The van der Waals surface area contributed by atoms with E-state index in [0.717, 1.165) is 84.7 Å². The van der Waals surface area contributed by atoms with Gasteiger partial charge in [-0.25, -0.2) is 9.68 Å². The lowest BCUT2D eigenvalue weighted by Crippen LogP contribution is -2.46. The number of piperidine rings is 4. The number of anilines is 8. The molecular formula is C87H112N20O15. The van der Waals surface area contributed by atoms with Gasteiger partial charge in [-0.15, -0.1) is 0 Å². The van der Waals surface area contributed by atoms with E-state index in [1.54, 1.807) is 21.6 Å². The molecule has 4 aliphatic rings. The molecule has 122 heavy (non-hydrogen) atoms. The van der Waals surface area contributed by atoms with Gasteiger partial charge in [-0.05, 0) is 184 Å². The molecule has 0 saturated carbocycles. The number of primary amides is 4. The zero-order chi connectivity index (χ0) is 88.4. The van der Waals surface area contributed by atoms with E-state index in [1.165, 1.54) is 97.9 Å². The SMILES string of the molecule is C.CCOO.CNc1cccc([C@@H]2CC[C@@H](C)CN2C(=O)C(=O)Nc2cncc(C(N)=O)c2)c1.CNc1cccc([C@H]2CC[C@H](C)CN2)c1.CNc1cccc([C@H]2CC[C@H](C)CN2C(=O)C(=O)Nc2cncc(C(N)=O)c2)c1.CNc1cccc([C@H]2CC[C@H](C)CN2C(=O)C(=O)Nc2cncc(C(N)=O)c2)c1.NC(=O)c1cncc(NC(=O)C(=O)O)c1. The second-order valence-corrected chi connectivity index (χ2v) is 29.5. The van der Waals surface area contributed by atoms with Crippen molar-refractivity contribution in [2.75, 3.05) is 104 Å². The van der Waals surface area contributed by atoms with Crippen molar-refractivity contribution in [2.45, 2.75) is 118 Å². The molecular weight excluding hydrogens is 1570 g/mol. The predicted molar refractivity (Wildman–Crippen MR) is 466 cm³/mol. The summed E-state index contributed by atoms with van der Waals surface area (Å²) in [6.45, 7) is 13.2. The van der Waals surface area contributed by atoms with E-state index >= 15 is 0 Å². The normalized spacial score (nSPS) is 18.0. The summed E-state index contributed by atoms with van der Waals surface area (Å²) in [6, 6.07) is 37.7. The average Bonchev–Trinajstić information content (AvgIpc) is 0.810. The third-order valence-electron chi connectivity index (χ3n) is 20.2. The van der Waals surface area contributed by atoms with E-state index in [4.69, 9.17) is 33.3 Å². The fraction of sp³-hybridized carbons (Fsp3) is 0.356. The lowest BCUT2D eigenvalue weighted by molar-refractivity contribution is -0.237. The Hall–Kier alpha value is -13.8. The van der Waals surface area contributed by atoms with Crippen molar-refractivity contribution in [2.24, 2.45) is 46.6 Å². The highest BCUT2D eigenvalue weighted by Gasteiger charge is 2.38. The van der Waals surface area contributed by atoms with Crippen LogP contribution in [0.5, 0.6) is 0 Å². The molecule has 12 rings (SSSR count). The van der Waals surface area contributed by atoms with E-state index in [1.807, 2.05) is 106 Å². The van der Waals surface area contributed by atoms with Crippen LogP contribution in [0.1, 0.15) is 181 Å². The maximum atomic E-state index is 13.0. The number of nitrogens with two attached hydrogens (primary N) is 4. The number of aliphatic carboxylic acids is 1. The van der Waals surface area contributed by atoms with E-state index in [2.05, 4.69) is 119 Å². The van der Waals surface area contributed by atoms with Crippen LogP contribution in [-0.2, 0) is 43.2 Å². The summed E-state index contributed by atoms with van der Waals surface area (Å²) in [5.41, 5.74) is 30.5. The highest BCUT2D eigenvalue weighted by Crippen LogP contribution is 2.38. The van der Waals surface area contributed by atoms with Gasteiger partial charge in [0.2, 0.25) is 23.6 Å². The first-order valence-electron chi connectivity index (χ1n) is 39.4. The summed E-state index contributed by atoms with van der Waals surface area (Å²) in [5.74, 6) is -7.92. The van der Waals surface area contributed by atoms with Crippen LogP contribution >= 0.6 is 0 Å². The van der Waals surface area contributed by atoms with E-state index in [9.17, 15) is 57.5 Å². The van der Waals surface area contributed by atoms with E-state index < -0.39 is 70.9 Å². The van der Waals surface area contributed by atoms with Gasteiger partial charge in [-0.1, -0.05) is 83.7 Å². The lowest BCUT2D eigenvalue weighted by Gasteiger charge is -2.38. The van der Waals surface area contributed by atoms with Crippen LogP contribution in [0.2, 0.25) is 0 Å². The fourth-order valence-corrected chi connectivity index (χ4v) is 13.8. The summed E-state index contributed by atoms with van der Waals surface area (Å²) in [4.78, 5) is 166. The van der Waals surface area contributed by atoms with Crippen LogP contribution in [0.3, 0.4) is 0 Å². The van der Waals surface area contributed by atoms with Gasteiger partial charge < -0.3 is 90.6 Å². The summed E-state index contributed by atoms with van der Waals surface area (Å²) >= 11 is 0. The number of carbonyl (C=O) groups excluding carboxylic acids is 11. The van der Waals surface area contributed by atoms with Gasteiger partial charge >= 0.3 is 47.3 Å². The van der Waals surface area contributed by atoms with Crippen LogP contribution in [0.15, 0.2) is 171 Å². The standard InChI is InChI=1S/3C21H25N5O3.C13H20N2.C8H7N3O4.C2H6O2.CH4/c3*1-13-6-7-18(14-4-3-5-16(8-14)23-2)26(12-13)21(29)20(28)25-17-9-15(19(22)27)10-24-11-17;1-10-6-7-13(15-9-10)11-4-3-5-12(8-11)14-2;9-6(12)4-1-5(3-10-2-4)11-7(13)8(14)15;1-2-4-3;/h3*3-5,8-11,13,18,23H,6-7,12H2,1-2H3,(H2,22,27)(H,25,28);3-5,8,10,13-15H,6-7,9H2,1-2H3;1-3H,(H2,9,12)(H,11,13)(H,14,15);3H,2H2,1H3;1H4/t3*13-,18+;10-,13+;;;/m1000.../s1. The Balaban J connectivity index is 0.000000239. The van der Waals surface area contributed by atoms with Crippen molar-refractivity contribution < 1.29 is 72.8 Å². The van der Waals surface area contributed by atoms with Crippen molar-refractivity contribution >= 4 is 116 Å². The van der Waals surface area contributed by atoms with Gasteiger partial charge in [-0.3, -0.25) is 77.9 Å². The minimum Gasteiger partial charge on any atom is -0.474 e. The molecule has 4 fully saturated rings. The number of amides is 11. The Morgan fingerprint density at radius 2 is 0.648 bits per heavy atom. The van der Waals surface area contributed by atoms with Crippen molar-refractivity contribution in [1.82, 2.24) is 40.0 Å². The first-order valence-corrected chi connectivity index (χ1v) is 39.4.